The molecule has 1 aliphatic heterocycles. The van der Waals surface area contributed by atoms with Crippen molar-refractivity contribution in [1.82, 2.24) is 4.90 Å². The maximum atomic E-state index is 6.26. The molecular weight excluding hydrogens is 240 g/mol. The number of likely N-dealkylation sites (tertiary alicyclic amines) is 1. The van der Waals surface area contributed by atoms with E-state index < -0.39 is 0 Å². The summed E-state index contributed by atoms with van der Waals surface area (Å²) >= 11 is 0. The Labute approximate surface area is 115 Å². The Kier molecular flexibility index (Phi) is 5.34. The van der Waals surface area contributed by atoms with Gasteiger partial charge in [0.15, 0.2) is 0 Å². The van der Waals surface area contributed by atoms with E-state index in [-0.39, 0.29) is 6.04 Å². The van der Waals surface area contributed by atoms with Crippen molar-refractivity contribution in [2.75, 3.05) is 33.9 Å². The predicted octanol–water partition coefficient (Wildman–Crippen LogP) is 1.55. The molecule has 0 aromatic heterocycles. The lowest BCUT2D eigenvalue weighted by Crippen LogP contribution is -2.33. The molecule has 4 heteroatoms. The van der Waals surface area contributed by atoms with Crippen LogP contribution in [0.4, 0.5) is 0 Å². The van der Waals surface area contributed by atoms with Crippen LogP contribution in [0.15, 0.2) is 24.3 Å². The third kappa shape index (κ3) is 3.54. The molecule has 0 bridgehead atoms. The van der Waals surface area contributed by atoms with Crippen LogP contribution in [0.25, 0.3) is 0 Å². The summed E-state index contributed by atoms with van der Waals surface area (Å²) in [6, 6.07) is 9.11. The first-order chi connectivity index (χ1) is 9.26. The first-order valence-electron chi connectivity index (χ1n) is 6.82. The molecule has 2 unspecified atom stereocenters. The van der Waals surface area contributed by atoms with Crippen molar-refractivity contribution in [3.8, 4) is 0 Å². The van der Waals surface area contributed by atoms with E-state index in [9.17, 15) is 0 Å². The van der Waals surface area contributed by atoms with Crippen molar-refractivity contribution in [2.24, 2.45) is 5.73 Å². The largest absolute Gasteiger partial charge is 0.383 e. The zero-order valence-electron chi connectivity index (χ0n) is 11.8. The first-order valence-corrected chi connectivity index (χ1v) is 6.82. The van der Waals surface area contributed by atoms with Gasteiger partial charge in [0, 0.05) is 33.4 Å². The van der Waals surface area contributed by atoms with E-state index in [0.717, 1.165) is 26.1 Å². The molecule has 0 radical (unpaired) electrons. The quantitative estimate of drug-likeness (QED) is 0.847. The molecule has 1 saturated heterocycles. The summed E-state index contributed by atoms with van der Waals surface area (Å²) in [6.07, 6.45) is 1.05. The normalized spacial score (nSPS) is 23.9. The molecule has 0 spiro atoms. The minimum absolute atomic E-state index is 0.213. The fourth-order valence-corrected chi connectivity index (χ4v) is 2.78. The van der Waals surface area contributed by atoms with E-state index in [4.69, 9.17) is 15.2 Å². The number of rotatable bonds is 6. The number of benzene rings is 1. The summed E-state index contributed by atoms with van der Waals surface area (Å²) in [5, 5.41) is 0. The van der Waals surface area contributed by atoms with Gasteiger partial charge in [-0.15, -0.1) is 0 Å². The number of nitrogens with zero attached hydrogens (tertiary/aromatic N) is 1. The molecule has 2 rings (SSSR count). The Morgan fingerprint density at radius 3 is 2.58 bits per heavy atom. The molecule has 2 N–H and O–H groups in total. The fourth-order valence-electron chi connectivity index (χ4n) is 2.78. The van der Waals surface area contributed by atoms with Crippen molar-refractivity contribution < 1.29 is 9.47 Å². The number of hydrogen-bond donors (Lipinski definition) is 1. The molecule has 1 aromatic rings. The predicted molar refractivity (Wildman–Crippen MR) is 75.9 cm³/mol. The Balaban J connectivity index is 2.08. The molecule has 1 aromatic carbocycles. The molecule has 4 nitrogen and oxygen atoms in total. The maximum Gasteiger partial charge on any atom is 0.0713 e. The van der Waals surface area contributed by atoms with E-state index in [0.29, 0.717) is 12.6 Å². The van der Waals surface area contributed by atoms with Crippen LogP contribution in [-0.2, 0) is 16.1 Å². The average molecular weight is 264 g/mol. The van der Waals surface area contributed by atoms with E-state index in [1.165, 1.54) is 11.1 Å². The molecule has 1 heterocycles. The molecule has 2 atom stereocenters. The molecule has 106 valence electrons. The lowest BCUT2D eigenvalue weighted by molar-refractivity contribution is 0.139. The van der Waals surface area contributed by atoms with Gasteiger partial charge in [0.2, 0.25) is 0 Å². The SMILES string of the molecule is COCCN1CCC(N)C1c1ccc(COC)cc1. The molecule has 0 amide bonds. The van der Waals surface area contributed by atoms with Crippen LogP contribution in [0.2, 0.25) is 0 Å². The second-order valence-corrected chi connectivity index (χ2v) is 5.10. The van der Waals surface area contributed by atoms with Crippen LogP contribution >= 0.6 is 0 Å². The third-order valence-electron chi connectivity index (χ3n) is 3.76. The van der Waals surface area contributed by atoms with Gasteiger partial charge in [-0.25, -0.2) is 0 Å². The van der Waals surface area contributed by atoms with Gasteiger partial charge in [0.05, 0.1) is 19.3 Å². The third-order valence-corrected chi connectivity index (χ3v) is 3.76. The summed E-state index contributed by atoms with van der Waals surface area (Å²) in [7, 11) is 3.46. The standard InChI is InChI=1S/C15H24N2O2/c1-18-10-9-17-8-7-14(16)15(17)13-5-3-12(4-6-13)11-19-2/h3-6,14-15H,7-11,16H2,1-2H3. The van der Waals surface area contributed by atoms with Crippen LogP contribution in [0, 0.1) is 0 Å². The zero-order valence-corrected chi connectivity index (χ0v) is 11.8. The minimum atomic E-state index is 0.213. The minimum Gasteiger partial charge on any atom is -0.383 e. The molecule has 0 aliphatic carbocycles. The second-order valence-electron chi connectivity index (χ2n) is 5.10. The van der Waals surface area contributed by atoms with Crippen LogP contribution in [0.5, 0.6) is 0 Å². The molecule has 19 heavy (non-hydrogen) atoms. The van der Waals surface area contributed by atoms with Crippen LogP contribution in [-0.4, -0.2) is 44.9 Å². The van der Waals surface area contributed by atoms with Gasteiger partial charge >= 0.3 is 0 Å². The zero-order chi connectivity index (χ0) is 13.7. The molecular formula is C15H24N2O2. The highest BCUT2D eigenvalue weighted by Gasteiger charge is 2.32. The summed E-state index contributed by atoms with van der Waals surface area (Å²) in [5.74, 6) is 0. The van der Waals surface area contributed by atoms with Crippen LogP contribution < -0.4 is 5.73 Å². The average Bonchev–Trinajstić information content (AvgIpc) is 2.79. The lowest BCUT2D eigenvalue weighted by atomic mass is 9.99. The van der Waals surface area contributed by atoms with Crippen molar-refractivity contribution in [2.45, 2.75) is 25.1 Å². The smallest absolute Gasteiger partial charge is 0.0713 e. The van der Waals surface area contributed by atoms with Gasteiger partial charge in [-0.05, 0) is 17.5 Å². The maximum absolute atomic E-state index is 6.26. The molecule has 0 saturated carbocycles. The Morgan fingerprint density at radius 1 is 1.21 bits per heavy atom. The Morgan fingerprint density at radius 2 is 1.95 bits per heavy atom. The van der Waals surface area contributed by atoms with Crippen molar-refractivity contribution >= 4 is 0 Å². The molecule has 1 fully saturated rings. The van der Waals surface area contributed by atoms with Gasteiger partial charge in [0.1, 0.15) is 0 Å². The highest BCUT2D eigenvalue weighted by Crippen LogP contribution is 2.30. The van der Waals surface area contributed by atoms with Gasteiger partial charge in [-0.2, -0.15) is 0 Å². The summed E-state index contributed by atoms with van der Waals surface area (Å²) in [4.78, 5) is 2.42. The Hall–Kier alpha value is -0.940. The van der Waals surface area contributed by atoms with Crippen molar-refractivity contribution in [3.05, 3.63) is 35.4 Å². The number of nitrogens with two attached hydrogens (primary N) is 1. The van der Waals surface area contributed by atoms with Gasteiger partial charge in [0.25, 0.3) is 0 Å². The monoisotopic (exact) mass is 264 g/mol. The highest BCUT2D eigenvalue weighted by molar-refractivity contribution is 5.26. The van der Waals surface area contributed by atoms with Crippen LogP contribution in [0.1, 0.15) is 23.6 Å². The van der Waals surface area contributed by atoms with Crippen molar-refractivity contribution in [1.29, 1.82) is 0 Å². The van der Waals surface area contributed by atoms with Gasteiger partial charge in [-0.3, -0.25) is 4.90 Å². The summed E-state index contributed by atoms with van der Waals surface area (Å²) in [5.41, 5.74) is 8.75. The molecule has 1 aliphatic rings. The topological polar surface area (TPSA) is 47.7 Å². The van der Waals surface area contributed by atoms with Gasteiger partial charge in [-0.1, -0.05) is 24.3 Å². The fraction of sp³-hybridized carbons (Fsp3) is 0.600. The highest BCUT2D eigenvalue weighted by atomic mass is 16.5. The van der Waals surface area contributed by atoms with E-state index in [2.05, 4.69) is 29.2 Å². The second kappa shape index (κ2) is 7.01. The summed E-state index contributed by atoms with van der Waals surface area (Å²) < 4.78 is 10.3. The van der Waals surface area contributed by atoms with E-state index >= 15 is 0 Å². The number of hydrogen-bond acceptors (Lipinski definition) is 4. The van der Waals surface area contributed by atoms with E-state index in [1.54, 1.807) is 14.2 Å². The summed E-state index contributed by atoms with van der Waals surface area (Å²) in [6.45, 7) is 3.40. The number of ether oxygens (including phenoxy) is 2. The first kappa shape index (κ1) is 14.5. The van der Waals surface area contributed by atoms with Crippen LogP contribution in [0.3, 0.4) is 0 Å². The lowest BCUT2D eigenvalue weighted by Gasteiger charge is -2.27. The van der Waals surface area contributed by atoms with E-state index in [1.807, 2.05) is 0 Å². The Bertz CT molecular complexity index is 380. The van der Waals surface area contributed by atoms with Gasteiger partial charge < -0.3 is 15.2 Å². The number of methoxy groups -OCH3 is 2. The van der Waals surface area contributed by atoms with Crippen molar-refractivity contribution in [3.63, 3.8) is 0 Å².